The molecule has 0 aliphatic carbocycles. The van der Waals surface area contributed by atoms with E-state index in [1.54, 1.807) is 24.3 Å². The fourth-order valence-corrected chi connectivity index (χ4v) is 7.83. The van der Waals surface area contributed by atoms with E-state index in [-0.39, 0.29) is 36.3 Å². The second-order valence-electron chi connectivity index (χ2n) is 12.9. The maximum atomic E-state index is 9.32. The van der Waals surface area contributed by atoms with Crippen molar-refractivity contribution in [2.75, 3.05) is 0 Å². The molecule has 3 heterocycles. The van der Waals surface area contributed by atoms with Gasteiger partial charge in [0.25, 0.3) is 0 Å². The fourth-order valence-electron chi connectivity index (χ4n) is 7.83. The van der Waals surface area contributed by atoms with Crippen molar-refractivity contribution < 1.29 is 12.6 Å². The number of hydrogen-bond acceptors (Lipinski definition) is 1. The largest absolute Gasteiger partial charge is 0.456 e. The number of aromatic nitrogens is 2. The van der Waals surface area contributed by atoms with E-state index in [9.17, 15) is 1.37 Å². The molecule has 3 nitrogen and oxygen atoms in total. The van der Waals surface area contributed by atoms with Crippen molar-refractivity contribution in [2.24, 2.45) is 0 Å². The number of nitrogens with zero attached hydrogens (tertiary/aromatic N) is 2. The summed E-state index contributed by atoms with van der Waals surface area (Å²) in [6, 6.07) is 47.5. The summed E-state index contributed by atoms with van der Waals surface area (Å²) in [6.45, 7) is 0. The molecular formula is C48H30N2O. The molecule has 0 saturated carbocycles. The van der Waals surface area contributed by atoms with Crippen LogP contribution in [0.2, 0.25) is 0 Å². The first-order chi connectivity index (χ1) is 27.7. The maximum Gasteiger partial charge on any atom is 0.137 e. The summed E-state index contributed by atoms with van der Waals surface area (Å²) >= 11 is 0. The van der Waals surface area contributed by atoms with Crippen LogP contribution in [0.15, 0.2) is 186 Å². The van der Waals surface area contributed by atoms with E-state index >= 15 is 0 Å². The first kappa shape index (κ1) is 22.7. The summed E-state index contributed by atoms with van der Waals surface area (Å²) in [5, 5.41) is 4.83. The summed E-state index contributed by atoms with van der Waals surface area (Å²) in [7, 11) is 0. The standard InChI is InChI=1S/C48H30N2O/c1-3-12-31(13-4-1)36-18-11-21-46-48(36)39-25-24-35(30-47(39)51-46)50-43-20-10-8-17-38(43)41-29-33(23-27-45(41)50)32-22-26-44-40(28-32)37-16-7-9-19-42(37)49(44)34-14-5-2-6-15-34/h1-30H/i7D,9D,10D,16D,17D,22D. The van der Waals surface area contributed by atoms with E-state index in [4.69, 9.17) is 11.3 Å². The predicted octanol–water partition coefficient (Wildman–Crippen LogP) is 13.1. The second kappa shape index (κ2) is 10.8. The Labute approximate surface area is 302 Å². The number of rotatable bonds is 4. The third kappa shape index (κ3) is 4.19. The molecule has 0 amide bonds. The minimum absolute atomic E-state index is 0.0258. The van der Waals surface area contributed by atoms with Crippen molar-refractivity contribution in [3.05, 3.63) is 182 Å². The fraction of sp³-hybridized carbons (Fsp3) is 0. The Hall–Kier alpha value is -6.84. The molecule has 51 heavy (non-hydrogen) atoms. The van der Waals surface area contributed by atoms with Crippen molar-refractivity contribution in [2.45, 2.75) is 0 Å². The minimum atomic E-state index is -0.144. The molecule has 0 aliphatic rings. The topological polar surface area (TPSA) is 23.0 Å². The molecule has 8 aromatic carbocycles. The Bertz CT molecular complexity index is 3480. The third-order valence-electron chi connectivity index (χ3n) is 10.1. The van der Waals surface area contributed by atoms with Crippen LogP contribution in [0.4, 0.5) is 0 Å². The summed E-state index contributed by atoms with van der Waals surface area (Å²) in [6.07, 6.45) is 0. The number of para-hydroxylation sites is 3. The Morgan fingerprint density at radius 3 is 1.98 bits per heavy atom. The zero-order valence-electron chi connectivity index (χ0n) is 33.2. The van der Waals surface area contributed by atoms with E-state index in [1.807, 2.05) is 95.6 Å². The molecule has 0 bridgehead atoms. The summed E-state index contributed by atoms with van der Waals surface area (Å²) < 4.78 is 63.4. The first-order valence-corrected chi connectivity index (χ1v) is 16.9. The van der Waals surface area contributed by atoms with Gasteiger partial charge in [0.05, 0.1) is 30.3 Å². The van der Waals surface area contributed by atoms with Crippen molar-refractivity contribution in [1.29, 1.82) is 0 Å². The van der Waals surface area contributed by atoms with E-state index in [0.29, 0.717) is 21.9 Å². The lowest BCUT2D eigenvalue weighted by Crippen LogP contribution is -1.93. The van der Waals surface area contributed by atoms with Crippen LogP contribution in [-0.4, -0.2) is 9.13 Å². The van der Waals surface area contributed by atoms with Gasteiger partial charge in [-0.3, -0.25) is 0 Å². The average molecular weight is 657 g/mol. The van der Waals surface area contributed by atoms with Gasteiger partial charge in [-0.15, -0.1) is 0 Å². The molecule has 0 spiro atoms. The van der Waals surface area contributed by atoms with E-state index in [1.165, 1.54) is 0 Å². The van der Waals surface area contributed by atoms with Gasteiger partial charge >= 0.3 is 0 Å². The zero-order valence-corrected chi connectivity index (χ0v) is 27.2. The molecule has 11 rings (SSSR count). The Kier molecular flexibility index (Phi) is 4.83. The smallest absolute Gasteiger partial charge is 0.137 e. The van der Waals surface area contributed by atoms with Crippen LogP contribution in [0, 0.1) is 0 Å². The number of benzene rings is 8. The number of hydrogen-bond donors (Lipinski definition) is 0. The van der Waals surface area contributed by atoms with Gasteiger partial charge in [0, 0.05) is 49.8 Å². The lowest BCUT2D eigenvalue weighted by atomic mass is 9.99. The summed E-state index contributed by atoms with van der Waals surface area (Å²) in [4.78, 5) is 0. The molecule has 0 radical (unpaired) electrons. The molecule has 3 aromatic heterocycles. The van der Waals surface area contributed by atoms with Gasteiger partial charge in [0.15, 0.2) is 0 Å². The molecule has 0 saturated heterocycles. The first-order valence-electron chi connectivity index (χ1n) is 19.9. The number of furan rings is 1. The highest BCUT2D eigenvalue weighted by Crippen LogP contribution is 2.41. The molecule has 3 heteroatoms. The Morgan fingerprint density at radius 1 is 0.392 bits per heavy atom. The van der Waals surface area contributed by atoms with Crippen molar-refractivity contribution in [3.63, 3.8) is 0 Å². The van der Waals surface area contributed by atoms with Crippen LogP contribution in [-0.2, 0) is 0 Å². The van der Waals surface area contributed by atoms with Gasteiger partial charge < -0.3 is 13.6 Å². The van der Waals surface area contributed by atoms with Crippen molar-refractivity contribution in [3.8, 4) is 33.6 Å². The van der Waals surface area contributed by atoms with E-state index < -0.39 is 0 Å². The third-order valence-corrected chi connectivity index (χ3v) is 10.1. The highest BCUT2D eigenvalue weighted by Gasteiger charge is 2.18. The van der Waals surface area contributed by atoms with Crippen LogP contribution in [0.25, 0.3) is 99.2 Å². The van der Waals surface area contributed by atoms with Gasteiger partial charge in [-0.2, -0.15) is 0 Å². The van der Waals surface area contributed by atoms with Crippen molar-refractivity contribution in [1.82, 2.24) is 9.13 Å². The Balaban J connectivity index is 1.13. The molecule has 11 aromatic rings. The molecule has 0 aliphatic heterocycles. The van der Waals surface area contributed by atoms with Crippen LogP contribution in [0.1, 0.15) is 8.22 Å². The summed E-state index contributed by atoms with van der Waals surface area (Å²) in [5.74, 6) is 0. The zero-order chi connectivity index (χ0) is 38.7. The lowest BCUT2D eigenvalue weighted by Gasteiger charge is -2.09. The number of fused-ring (bicyclic) bond motifs is 9. The van der Waals surface area contributed by atoms with Crippen LogP contribution >= 0.6 is 0 Å². The quantitative estimate of drug-likeness (QED) is 0.185. The molecule has 0 fully saturated rings. The average Bonchev–Trinajstić information content (AvgIpc) is 3.86. The van der Waals surface area contributed by atoms with Gasteiger partial charge in [0.2, 0.25) is 0 Å². The van der Waals surface area contributed by atoms with Crippen LogP contribution in [0.5, 0.6) is 0 Å². The monoisotopic (exact) mass is 656 g/mol. The van der Waals surface area contributed by atoms with E-state index in [0.717, 1.165) is 77.3 Å². The van der Waals surface area contributed by atoms with E-state index in [2.05, 4.69) is 34.9 Å². The molecule has 0 N–H and O–H groups in total. The van der Waals surface area contributed by atoms with Gasteiger partial charge in [-0.25, -0.2) is 0 Å². The molecule has 238 valence electrons. The second-order valence-corrected chi connectivity index (χ2v) is 12.9. The molecule has 0 unspecified atom stereocenters. The minimum Gasteiger partial charge on any atom is -0.456 e. The van der Waals surface area contributed by atoms with Crippen molar-refractivity contribution >= 4 is 65.6 Å². The molecular weight excluding hydrogens is 621 g/mol. The Morgan fingerprint density at radius 2 is 1.12 bits per heavy atom. The van der Waals surface area contributed by atoms with Gasteiger partial charge in [-0.1, -0.05) is 109 Å². The van der Waals surface area contributed by atoms with Gasteiger partial charge in [-0.05, 0) is 89.0 Å². The molecule has 0 atom stereocenters. The normalized spacial score (nSPS) is 13.6. The highest BCUT2D eigenvalue weighted by atomic mass is 16.3. The summed E-state index contributed by atoms with van der Waals surface area (Å²) in [5.41, 5.74) is 9.73. The highest BCUT2D eigenvalue weighted by molar-refractivity contribution is 6.15. The predicted molar refractivity (Wildman–Crippen MR) is 213 cm³/mol. The lowest BCUT2D eigenvalue weighted by molar-refractivity contribution is 0.668. The van der Waals surface area contributed by atoms with Crippen LogP contribution < -0.4 is 0 Å². The van der Waals surface area contributed by atoms with Gasteiger partial charge in [0.1, 0.15) is 11.2 Å². The SMILES string of the molecule is [2H]c1cc([2H])c2c3cc(-c4cc5c6c([2H])c([2H])c([2H])cc6n(-c6ccccc6)c5cc4[2H])ccc3n(-c3ccc4c(c3)oc3cccc(-c5ccccc5)c34)c2c1. The maximum absolute atomic E-state index is 9.32. The van der Waals surface area contributed by atoms with Crippen LogP contribution in [0.3, 0.4) is 0 Å².